The molecule has 0 aromatic carbocycles. The summed E-state index contributed by atoms with van der Waals surface area (Å²) in [5.74, 6) is 0.952. The molecule has 1 N–H and O–H groups in total. The third-order valence-corrected chi connectivity index (χ3v) is 2.61. The highest BCUT2D eigenvalue weighted by Crippen LogP contribution is 2.23. The van der Waals surface area contributed by atoms with Crippen molar-refractivity contribution in [2.24, 2.45) is 0 Å². The lowest BCUT2D eigenvalue weighted by Crippen LogP contribution is -2.26. The first-order valence-corrected chi connectivity index (χ1v) is 6.16. The van der Waals surface area contributed by atoms with Gasteiger partial charge in [0.2, 0.25) is 5.76 Å². The van der Waals surface area contributed by atoms with Gasteiger partial charge in [0.15, 0.2) is 5.76 Å². The monoisotopic (exact) mass is 285 g/mol. The molecule has 21 heavy (non-hydrogen) atoms. The van der Waals surface area contributed by atoms with E-state index in [-0.39, 0.29) is 5.88 Å². The van der Waals surface area contributed by atoms with Crippen LogP contribution >= 0.6 is 0 Å². The summed E-state index contributed by atoms with van der Waals surface area (Å²) in [5, 5.41) is 6.22. The summed E-state index contributed by atoms with van der Waals surface area (Å²) < 4.78 is 15.2. The number of rotatable bonds is 4. The second-order valence-electron chi connectivity index (χ2n) is 4.11. The number of hydrogen-bond donors (Lipinski definition) is 1. The van der Waals surface area contributed by atoms with Crippen LogP contribution in [0.5, 0.6) is 5.88 Å². The van der Waals surface area contributed by atoms with Gasteiger partial charge in [-0.3, -0.25) is 4.98 Å². The standard InChI is InChI=1S/C14H11N3O4/c18-14(16-9-10-3-1-5-15-8-10)20-13-7-12(21-17-13)11-4-2-6-19-11/h1-8H,9H2,(H,16,18). The van der Waals surface area contributed by atoms with Crippen LogP contribution in [0.15, 0.2) is 57.9 Å². The number of nitrogens with zero attached hydrogens (tertiary/aromatic N) is 2. The number of nitrogens with one attached hydrogen (secondary N) is 1. The van der Waals surface area contributed by atoms with Crippen LogP contribution in [0.2, 0.25) is 0 Å². The van der Waals surface area contributed by atoms with Crippen LogP contribution in [0, 0.1) is 0 Å². The van der Waals surface area contributed by atoms with E-state index < -0.39 is 6.09 Å². The van der Waals surface area contributed by atoms with Gasteiger partial charge in [0.05, 0.1) is 12.3 Å². The fraction of sp³-hybridized carbons (Fsp3) is 0.0714. The van der Waals surface area contributed by atoms with Crippen molar-refractivity contribution in [3.63, 3.8) is 0 Å². The fourth-order valence-electron chi connectivity index (χ4n) is 1.65. The Kier molecular flexibility index (Phi) is 3.64. The number of hydrogen-bond acceptors (Lipinski definition) is 6. The maximum atomic E-state index is 11.6. The van der Waals surface area contributed by atoms with Crippen molar-refractivity contribution in [1.29, 1.82) is 0 Å². The topological polar surface area (TPSA) is 90.4 Å². The Bertz CT molecular complexity index is 707. The van der Waals surface area contributed by atoms with Crippen LogP contribution < -0.4 is 10.1 Å². The molecule has 0 saturated carbocycles. The number of amides is 1. The Balaban J connectivity index is 1.55. The summed E-state index contributed by atoms with van der Waals surface area (Å²) in [4.78, 5) is 15.6. The maximum Gasteiger partial charge on any atom is 0.414 e. The molecule has 0 aliphatic rings. The van der Waals surface area contributed by atoms with Gasteiger partial charge in [0.1, 0.15) is 0 Å². The highest BCUT2D eigenvalue weighted by atomic mass is 16.6. The molecule has 3 aromatic rings. The lowest BCUT2D eigenvalue weighted by atomic mass is 10.3. The van der Waals surface area contributed by atoms with Crippen molar-refractivity contribution in [2.75, 3.05) is 0 Å². The molecule has 7 heteroatoms. The minimum atomic E-state index is -0.627. The smallest absolute Gasteiger partial charge is 0.414 e. The third-order valence-electron chi connectivity index (χ3n) is 2.61. The average Bonchev–Trinajstić information content (AvgIpc) is 3.17. The van der Waals surface area contributed by atoms with Gasteiger partial charge >= 0.3 is 6.09 Å². The van der Waals surface area contributed by atoms with Crippen LogP contribution in [0.3, 0.4) is 0 Å². The first-order valence-electron chi connectivity index (χ1n) is 6.16. The molecule has 0 aliphatic heterocycles. The Morgan fingerprint density at radius 2 is 2.24 bits per heavy atom. The summed E-state index contributed by atoms with van der Waals surface area (Å²) in [6.07, 6.45) is 4.20. The molecule has 3 aromatic heterocycles. The molecular weight excluding hydrogens is 274 g/mol. The van der Waals surface area contributed by atoms with E-state index in [2.05, 4.69) is 15.5 Å². The normalized spacial score (nSPS) is 10.3. The minimum absolute atomic E-state index is 0.0603. The Morgan fingerprint density at radius 3 is 3.00 bits per heavy atom. The summed E-state index contributed by atoms with van der Waals surface area (Å²) >= 11 is 0. The lowest BCUT2D eigenvalue weighted by Gasteiger charge is -2.03. The van der Waals surface area contributed by atoms with Crippen LogP contribution in [0.25, 0.3) is 11.5 Å². The molecular formula is C14H11N3O4. The number of furan rings is 1. The SMILES string of the molecule is O=C(NCc1cccnc1)Oc1cc(-c2ccco2)on1. The van der Waals surface area contributed by atoms with Gasteiger partial charge in [-0.05, 0) is 28.9 Å². The predicted octanol–water partition coefficient (Wildman–Crippen LogP) is 2.62. The van der Waals surface area contributed by atoms with E-state index in [1.165, 1.54) is 12.3 Å². The second-order valence-corrected chi connectivity index (χ2v) is 4.11. The Morgan fingerprint density at radius 1 is 1.29 bits per heavy atom. The summed E-state index contributed by atoms with van der Waals surface area (Å²) in [7, 11) is 0. The zero-order chi connectivity index (χ0) is 14.5. The number of pyridine rings is 1. The van der Waals surface area contributed by atoms with Crippen molar-refractivity contribution in [1.82, 2.24) is 15.5 Å². The van der Waals surface area contributed by atoms with Crippen LogP contribution in [-0.4, -0.2) is 16.2 Å². The minimum Gasteiger partial charge on any atom is -0.461 e. The van der Waals surface area contributed by atoms with Crippen LogP contribution in [0.4, 0.5) is 4.79 Å². The average molecular weight is 285 g/mol. The number of carbonyl (C=O) groups excluding carboxylic acids is 1. The first kappa shape index (κ1) is 12.9. The van der Waals surface area contributed by atoms with E-state index in [1.54, 1.807) is 30.6 Å². The van der Waals surface area contributed by atoms with E-state index in [4.69, 9.17) is 13.7 Å². The molecule has 0 spiro atoms. The first-order chi connectivity index (χ1) is 10.3. The van der Waals surface area contributed by atoms with E-state index in [0.717, 1.165) is 5.56 Å². The predicted molar refractivity (Wildman–Crippen MR) is 71.3 cm³/mol. The van der Waals surface area contributed by atoms with E-state index in [9.17, 15) is 4.79 Å². The molecule has 0 saturated heterocycles. The fourth-order valence-corrected chi connectivity index (χ4v) is 1.65. The highest BCUT2D eigenvalue weighted by molar-refractivity contribution is 5.70. The zero-order valence-electron chi connectivity index (χ0n) is 10.9. The summed E-state index contributed by atoms with van der Waals surface area (Å²) in [5.41, 5.74) is 0.867. The molecule has 0 bridgehead atoms. The molecule has 7 nitrogen and oxygen atoms in total. The molecule has 0 atom stereocenters. The molecule has 0 unspecified atom stereocenters. The van der Waals surface area contributed by atoms with Crippen molar-refractivity contribution in [2.45, 2.75) is 6.54 Å². The third kappa shape index (κ3) is 3.27. The van der Waals surface area contributed by atoms with E-state index >= 15 is 0 Å². The Hall–Kier alpha value is -3.09. The Labute approximate surface area is 119 Å². The largest absolute Gasteiger partial charge is 0.461 e. The molecule has 3 rings (SSSR count). The molecule has 0 radical (unpaired) electrons. The van der Waals surface area contributed by atoms with Crippen molar-refractivity contribution >= 4 is 6.09 Å². The lowest BCUT2D eigenvalue weighted by molar-refractivity contribution is 0.195. The summed E-state index contributed by atoms with van der Waals surface area (Å²) in [6, 6.07) is 8.54. The van der Waals surface area contributed by atoms with Gasteiger partial charge in [0, 0.05) is 18.9 Å². The van der Waals surface area contributed by atoms with Crippen LogP contribution in [0.1, 0.15) is 5.56 Å². The zero-order valence-corrected chi connectivity index (χ0v) is 10.9. The number of ether oxygens (including phenoxy) is 1. The number of aromatic nitrogens is 2. The summed E-state index contributed by atoms with van der Waals surface area (Å²) in [6.45, 7) is 0.315. The van der Waals surface area contributed by atoms with Gasteiger partial charge in [-0.2, -0.15) is 0 Å². The van der Waals surface area contributed by atoms with Crippen molar-refractivity contribution in [3.05, 3.63) is 54.6 Å². The van der Waals surface area contributed by atoms with E-state index in [1.807, 2.05) is 6.07 Å². The van der Waals surface area contributed by atoms with Gasteiger partial charge in [0.25, 0.3) is 5.88 Å². The molecule has 0 aliphatic carbocycles. The molecule has 106 valence electrons. The number of carbonyl (C=O) groups is 1. The second kappa shape index (κ2) is 5.91. The molecule has 1 amide bonds. The van der Waals surface area contributed by atoms with Gasteiger partial charge in [-0.1, -0.05) is 6.07 Å². The van der Waals surface area contributed by atoms with Crippen molar-refractivity contribution in [3.8, 4) is 17.4 Å². The van der Waals surface area contributed by atoms with Crippen molar-refractivity contribution < 1.29 is 18.5 Å². The van der Waals surface area contributed by atoms with E-state index in [0.29, 0.717) is 18.1 Å². The molecule has 3 heterocycles. The molecule has 0 fully saturated rings. The van der Waals surface area contributed by atoms with Crippen LogP contribution in [-0.2, 0) is 6.54 Å². The van der Waals surface area contributed by atoms with Gasteiger partial charge < -0.3 is 19.0 Å². The highest BCUT2D eigenvalue weighted by Gasteiger charge is 2.12. The van der Waals surface area contributed by atoms with Gasteiger partial charge in [-0.25, -0.2) is 4.79 Å². The maximum absolute atomic E-state index is 11.6. The quantitative estimate of drug-likeness (QED) is 0.792. The van der Waals surface area contributed by atoms with Gasteiger partial charge in [-0.15, -0.1) is 0 Å².